The van der Waals surface area contributed by atoms with E-state index in [1.54, 1.807) is 51.1 Å². The highest BCUT2D eigenvalue weighted by molar-refractivity contribution is 7.88. The van der Waals surface area contributed by atoms with Crippen molar-refractivity contribution in [3.05, 3.63) is 35.9 Å². The maximum absolute atomic E-state index is 12.1. The topological polar surface area (TPSA) is 72.5 Å². The van der Waals surface area contributed by atoms with Gasteiger partial charge in [0, 0.05) is 0 Å². The first-order valence-corrected chi connectivity index (χ1v) is 7.73. The maximum Gasteiger partial charge on any atom is 0.329 e. The van der Waals surface area contributed by atoms with Crippen LogP contribution >= 0.6 is 0 Å². The molecule has 6 heteroatoms. The standard InChI is InChI=1S/C13H19NO4S/c1-13(2,3)18-12(15)11(14-19(4,16)17)10-8-6-5-7-9-10/h5-9,11,14H,1-4H3/t11-/m0/s1. The van der Waals surface area contributed by atoms with Crippen molar-refractivity contribution in [2.45, 2.75) is 32.4 Å². The van der Waals surface area contributed by atoms with E-state index < -0.39 is 27.6 Å². The molecule has 0 fully saturated rings. The second kappa shape index (κ2) is 5.71. The summed E-state index contributed by atoms with van der Waals surface area (Å²) in [6, 6.07) is 7.57. The Labute approximate surface area is 114 Å². The third-order valence-corrected chi connectivity index (χ3v) is 2.77. The number of sulfonamides is 1. The van der Waals surface area contributed by atoms with Crippen molar-refractivity contribution in [1.82, 2.24) is 4.72 Å². The number of ether oxygens (including phenoxy) is 1. The van der Waals surface area contributed by atoms with Gasteiger partial charge in [0.25, 0.3) is 0 Å². The lowest BCUT2D eigenvalue weighted by atomic mass is 10.1. The van der Waals surface area contributed by atoms with Crippen LogP contribution < -0.4 is 4.72 Å². The third-order valence-electron chi connectivity index (χ3n) is 2.11. The average molecular weight is 285 g/mol. The summed E-state index contributed by atoms with van der Waals surface area (Å²) in [7, 11) is -3.52. The molecule has 0 saturated carbocycles. The molecule has 1 aromatic carbocycles. The highest BCUT2D eigenvalue weighted by atomic mass is 32.2. The van der Waals surface area contributed by atoms with Crippen molar-refractivity contribution in [2.75, 3.05) is 6.26 Å². The molecule has 0 spiro atoms. The fourth-order valence-corrected chi connectivity index (χ4v) is 2.13. The molecule has 0 aliphatic heterocycles. The normalized spacial score (nSPS) is 13.9. The Bertz CT molecular complexity index is 532. The number of carbonyl (C=O) groups is 1. The number of benzene rings is 1. The van der Waals surface area contributed by atoms with Gasteiger partial charge in [-0.05, 0) is 26.3 Å². The Hall–Kier alpha value is -1.40. The lowest BCUT2D eigenvalue weighted by Gasteiger charge is -2.24. The van der Waals surface area contributed by atoms with Crippen LogP contribution in [0, 0.1) is 0 Å². The molecule has 1 rings (SSSR count). The van der Waals surface area contributed by atoms with Gasteiger partial charge in [-0.25, -0.2) is 13.2 Å². The van der Waals surface area contributed by atoms with E-state index in [9.17, 15) is 13.2 Å². The molecule has 0 amide bonds. The first-order valence-electron chi connectivity index (χ1n) is 5.83. The van der Waals surface area contributed by atoms with E-state index in [1.807, 2.05) is 0 Å². The van der Waals surface area contributed by atoms with Crippen molar-refractivity contribution in [3.63, 3.8) is 0 Å². The summed E-state index contributed by atoms with van der Waals surface area (Å²) in [4.78, 5) is 12.1. The molecule has 1 aromatic rings. The van der Waals surface area contributed by atoms with Crippen LogP contribution in [0.4, 0.5) is 0 Å². The van der Waals surface area contributed by atoms with Crippen LogP contribution in [0.2, 0.25) is 0 Å². The summed E-state index contributed by atoms with van der Waals surface area (Å²) >= 11 is 0. The fourth-order valence-electron chi connectivity index (χ4n) is 1.47. The van der Waals surface area contributed by atoms with Crippen molar-refractivity contribution < 1.29 is 17.9 Å². The number of hydrogen-bond donors (Lipinski definition) is 1. The van der Waals surface area contributed by atoms with Crippen molar-refractivity contribution in [3.8, 4) is 0 Å². The van der Waals surface area contributed by atoms with Gasteiger partial charge in [-0.2, -0.15) is 4.72 Å². The van der Waals surface area contributed by atoms with E-state index in [4.69, 9.17) is 4.74 Å². The molecule has 0 aromatic heterocycles. The Morgan fingerprint density at radius 1 is 1.21 bits per heavy atom. The molecular formula is C13H19NO4S. The lowest BCUT2D eigenvalue weighted by molar-refractivity contribution is -0.157. The number of hydrogen-bond acceptors (Lipinski definition) is 4. The SMILES string of the molecule is CC(C)(C)OC(=O)[C@@H](NS(C)(=O)=O)c1ccccc1. The molecule has 1 atom stereocenters. The summed E-state index contributed by atoms with van der Waals surface area (Å²) in [5.41, 5.74) is -0.134. The summed E-state index contributed by atoms with van der Waals surface area (Å²) in [6.45, 7) is 5.19. The lowest BCUT2D eigenvalue weighted by Crippen LogP contribution is -2.37. The van der Waals surface area contributed by atoms with Crippen LogP contribution in [0.3, 0.4) is 0 Å². The van der Waals surface area contributed by atoms with Crippen LogP contribution in [-0.2, 0) is 19.6 Å². The number of rotatable bonds is 4. The van der Waals surface area contributed by atoms with Gasteiger partial charge in [-0.3, -0.25) is 0 Å². The number of carbonyl (C=O) groups excluding carboxylic acids is 1. The molecule has 5 nitrogen and oxygen atoms in total. The minimum Gasteiger partial charge on any atom is -0.459 e. The quantitative estimate of drug-likeness (QED) is 0.853. The molecule has 0 saturated heterocycles. The van der Waals surface area contributed by atoms with Gasteiger partial charge in [0.1, 0.15) is 11.6 Å². The zero-order valence-corrected chi connectivity index (χ0v) is 12.3. The maximum atomic E-state index is 12.1. The zero-order valence-electron chi connectivity index (χ0n) is 11.5. The van der Waals surface area contributed by atoms with E-state index in [1.165, 1.54) is 0 Å². The van der Waals surface area contributed by atoms with Crippen LogP contribution in [0.1, 0.15) is 32.4 Å². The number of esters is 1. The van der Waals surface area contributed by atoms with E-state index >= 15 is 0 Å². The Kier molecular flexibility index (Phi) is 4.70. The van der Waals surface area contributed by atoms with Crippen molar-refractivity contribution in [2.24, 2.45) is 0 Å². The second-order valence-corrected chi connectivity index (χ2v) is 7.05. The molecule has 19 heavy (non-hydrogen) atoms. The van der Waals surface area contributed by atoms with Gasteiger partial charge >= 0.3 is 5.97 Å². The van der Waals surface area contributed by atoms with Gasteiger partial charge in [-0.1, -0.05) is 30.3 Å². The minimum absolute atomic E-state index is 0.544. The van der Waals surface area contributed by atoms with Gasteiger partial charge < -0.3 is 4.74 Å². The summed E-state index contributed by atoms with van der Waals surface area (Å²) in [5.74, 6) is -0.621. The van der Waals surface area contributed by atoms with E-state index in [0.29, 0.717) is 5.56 Å². The third kappa shape index (κ3) is 5.85. The predicted molar refractivity (Wildman–Crippen MR) is 73.0 cm³/mol. The molecule has 0 unspecified atom stereocenters. The molecule has 0 aliphatic carbocycles. The van der Waals surface area contributed by atoms with Gasteiger partial charge in [0.15, 0.2) is 0 Å². The van der Waals surface area contributed by atoms with Crippen LogP contribution in [0.5, 0.6) is 0 Å². The van der Waals surface area contributed by atoms with Crippen molar-refractivity contribution >= 4 is 16.0 Å². The van der Waals surface area contributed by atoms with Crippen molar-refractivity contribution in [1.29, 1.82) is 0 Å². The second-order valence-electron chi connectivity index (χ2n) is 5.27. The number of nitrogens with one attached hydrogen (secondary N) is 1. The zero-order chi connectivity index (χ0) is 14.7. The van der Waals surface area contributed by atoms with Crippen LogP contribution in [-0.4, -0.2) is 26.2 Å². The highest BCUT2D eigenvalue weighted by Crippen LogP contribution is 2.19. The Morgan fingerprint density at radius 3 is 2.16 bits per heavy atom. The fraction of sp³-hybridized carbons (Fsp3) is 0.462. The minimum atomic E-state index is -3.52. The van der Waals surface area contributed by atoms with Crippen LogP contribution in [0.15, 0.2) is 30.3 Å². The Balaban J connectivity index is 3.03. The molecule has 1 N–H and O–H groups in total. The van der Waals surface area contributed by atoms with Gasteiger partial charge in [0.2, 0.25) is 10.0 Å². The van der Waals surface area contributed by atoms with Crippen LogP contribution in [0.25, 0.3) is 0 Å². The van der Waals surface area contributed by atoms with Gasteiger partial charge in [-0.15, -0.1) is 0 Å². The van der Waals surface area contributed by atoms with E-state index in [0.717, 1.165) is 6.26 Å². The predicted octanol–water partition coefficient (Wildman–Crippen LogP) is 1.62. The molecule has 0 aliphatic rings. The van der Waals surface area contributed by atoms with E-state index in [2.05, 4.69) is 4.72 Å². The largest absolute Gasteiger partial charge is 0.459 e. The highest BCUT2D eigenvalue weighted by Gasteiger charge is 2.28. The first-order chi connectivity index (χ1) is 8.58. The molecule has 106 valence electrons. The summed E-state index contributed by atoms with van der Waals surface area (Å²) in [6.07, 6.45) is 1.01. The van der Waals surface area contributed by atoms with Gasteiger partial charge in [0.05, 0.1) is 6.26 Å². The smallest absolute Gasteiger partial charge is 0.329 e. The molecular weight excluding hydrogens is 266 g/mol. The molecule has 0 heterocycles. The van der Waals surface area contributed by atoms with E-state index in [-0.39, 0.29) is 0 Å². The molecule has 0 radical (unpaired) electrons. The first kappa shape index (κ1) is 15.7. The monoisotopic (exact) mass is 285 g/mol. The summed E-state index contributed by atoms with van der Waals surface area (Å²) in [5, 5.41) is 0. The average Bonchev–Trinajstić information content (AvgIpc) is 2.23. The Morgan fingerprint density at radius 2 is 1.74 bits per heavy atom. The summed E-state index contributed by atoms with van der Waals surface area (Å²) < 4.78 is 30.3. The molecule has 0 bridgehead atoms.